The van der Waals surface area contributed by atoms with Gasteiger partial charge >= 0.3 is 12.3 Å². The molecule has 0 aliphatic heterocycles. The molecule has 0 bridgehead atoms. The first-order valence-electron chi connectivity index (χ1n) is 9.51. The van der Waals surface area contributed by atoms with E-state index in [9.17, 15) is 31.0 Å². The maximum Gasteiger partial charge on any atom is 0.340 e. The first kappa shape index (κ1) is 26.2. The number of halogens is 7. The van der Waals surface area contributed by atoms with Gasteiger partial charge in [0.05, 0.1) is 22.0 Å². The number of carbonyl (C=O) groups is 1. The number of ether oxygens (including phenoxy) is 2. The van der Waals surface area contributed by atoms with Crippen molar-refractivity contribution < 1.29 is 40.4 Å². The fraction of sp³-hybridized carbons (Fsp3) is 0.368. The molecule has 7 nitrogen and oxygen atoms in total. The van der Waals surface area contributed by atoms with E-state index in [-0.39, 0.29) is 21.5 Å². The molecule has 1 heterocycles. The van der Waals surface area contributed by atoms with Gasteiger partial charge in [-0.3, -0.25) is 9.52 Å². The average molecular weight is 548 g/mol. The fourth-order valence-electron chi connectivity index (χ4n) is 2.68. The summed E-state index contributed by atoms with van der Waals surface area (Å²) in [6.07, 6.45) is -1.18. The third-order valence-corrected chi connectivity index (χ3v) is 7.23. The Hall–Kier alpha value is -2.38. The number of alkyl halides is 4. The summed E-state index contributed by atoms with van der Waals surface area (Å²) < 4.78 is 96.9. The van der Waals surface area contributed by atoms with Crippen LogP contribution in [-0.4, -0.2) is 39.3 Å². The Labute approximate surface area is 200 Å². The zero-order chi connectivity index (χ0) is 25.3. The standard InChI is InChI=1S/C19H16Cl2F5N3O4S/c20-12-5-11(16(30)29-34(27,31)10-2-1-3-10)14(22)6-15(12)33-9-4-13(21)17(28-7-9)32-8-19(25,26)18(23)24/h4-7,10,18H,1-3,8H2,(H2,27,29,30,31). The number of aromatic nitrogens is 1. The second kappa shape index (κ2) is 10.1. The van der Waals surface area contributed by atoms with Crippen molar-refractivity contribution in [2.45, 2.75) is 36.9 Å². The third kappa shape index (κ3) is 5.99. The zero-order valence-corrected chi connectivity index (χ0v) is 19.3. The molecule has 34 heavy (non-hydrogen) atoms. The molecule has 0 saturated heterocycles. The number of pyridine rings is 1. The van der Waals surface area contributed by atoms with Crippen LogP contribution >= 0.6 is 23.2 Å². The molecule has 15 heteroatoms. The van der Waals surface area contributed by atoms with E-state index in [2.05, 4.69) is 9.72 Å². The molecule has 2 aromatic rings. The van der Waals surface area contributed by atoms with Gasteiger partial charge in [0.1, 0.15) is 32.3 Å². The molecule has 1 amide bonds. The van der Waals surface area contributed by atoms with E-state index in [1.807, 2.05) is 4.72 Å². The van der Waals surface area contributed by atoms with Crippen LogP contribution in [0.4, 0.5) is 22.0 Å². The molecular weight excluding hydrogens is 532 g/mol. The monoisotopic (exact) mass is 547 g/mol. The van der Waals surface area contributed by atoms with Gasteiger partial charge in [-0.1, -0.05) is 29.6 Å². The Morgan fingerprint density at radius 2 is 1.94 bits per heavy atom. The van der Waals surface area contributed by atoms with Crippen molar-refractivity contribution in [3.8, 4) is 17.4 Å². The summed E-state index contributed by atoms with van der Waals surface area (Å²) in [5.74, 6) is -7.57. The summed E-state index contributed by atoms with van der Waals surface area (Å²) >= 11 is 11.9. The van der Waals surface area contributed by atoms with Crippen molar-refractivity contribution in [3.63, 3.8) is 0 Å². The Morgan fingerprint density at radius 3 is 2.50 bits per heavy atom. The van der Waals surface area contributed by atoms with Crippen LogP contribution in [0.15, 0.2) is 24.4 Å². The molecule has 1 aliphatic rings. The van der Waals surface area contributed by atoms with Crippen LogP contribution in [0.3, 0.4) is 0 Å². The molecule has 1 aromatic heterocycles. The van der Waals surface area contributed by atoms with Gasteiger partial charge in [-0.05, 0) is 18.9 Å². The number of hydrogen-bond acceptors (Lipinski definition) is 6. The highest BCUT2D eigenvalue weighted by atomic mass is 35.5. The van der Waals surface area contributed by atoms with E-state index < -0.39 is 57.3 Å². The van der Waals surface area contributed by atoms with Gasteiger partial charge in [-0.15, -0.1) is 0 Å². The number of carbonyl (C=O) groups excluding carboxylic acids is 1. The molecule has 1 fully saturated rings. The van der Waals surface area contributed by atoms with E-state index in [1.165, 1.54) is 0 Å². The zero-order valence-electron chi connectivity index (χ0n) is 16.9. The minimum absolute atomic E-state index is 0.143. The molecule has 3 rings (SSSR count). The number of nitrogens with zero attached hydrogens (tertiary/aromatic N) is 1. The third-order valence-electron chi connectivity index (χ3n) is 4.76. The van der Waals surface area contributed by atoms with Crippen molar-refractivity contribution in [2.24, 2.45) is 0 Å². The van der Waals surface area contributed by atoms with Crippen molar-refractivity contribution >= 4 is 39.0 Å². The van der Waals surface area contributed by atoms with Crippen molar-refractivity contribution in [3.05, 3.63) is 45.8 Å². The maximum absolute atomic E-state index is 14.5. The van der Waals surface area contributed by atoms with Gasteiger partial charge in [0.15, 0.2) is 6.61 Å². The molecule has 1 aliphatic carbocycles. The highest BCUT2D eigenvalue weighted by Gasteiger charge is 2.42. The second-order valence-electron chi connectivity index (χ2n) is 7.26. The normalized spacial score (nSPS) is 16.0. The Balaban J connectivity index is 1.72. The Bertz CT molecular complexity index is 1200. The summed E-state index contributed by atoms with van der Waals surface area (Å²) in [7, 11) is -3.45. The van der Waals surface area contributed by atoms with Crippen LogP contribution in [-0.2, 0) is 9.92 Å². The lowest BCUT2D eigenvalue weighted by atomic mass is 10.0. The number of nitrogens with one attached hydrogen (secondary N) is 2. The minimum atomic E-state index is -4.41. The quantitative estimate of drug-likeness (QED) is 0.384. The molecule has 1 unspecified atom stereocenters. The predicted molar refractivity (Wildman–Crippen MR) is 113 cm³/mol. The summed E-state index contributed by atoms with van der Waals surface area (Å²) in [4.78, 5) is 15.9. The minimum Gasteiger partial charge on any atom is -0.470 e. The maximum atomic E-state index is 14.5. The largest absolute Gasteiger partial charge is 0.470 e. The SMILES string of the molecule is N=S(=O)(NC(=O)c1cc(Cl)c(Oc2cnc(OCC(F)(F)C(F)F)c(Cl)c2)cc1F)C1CCC1. The summed E-state index contributed by atoms with van der Waals surface area (Å²) in [6, 6.07) is 2.71. The first-order chi connectivity index (χ1) is 15.8. The Morgan fingerprint density at radius 1 is 1.26 bits per heavy atom. The molecule has 186 valence electrons. The summed E-state index contributed by atoms with van der Waals surface area (Å²) in [6.45, 7) is -1.66. The number of amides is 1. The van der Waals surface area contributed by atoms with Crippen LogP contribution in [0.5, 0.6) is 17.4 Å². The highest BCUT2D eigenvalue weighted by Crippen LogP contribution is 2.35. The lowest BCUT2D eigenvalue weighted by Crippen LogP contribution is -2.40. The summed E-state index contributed by atoms with van der Waals surface area (Å²) in [5, 5.41) is -1.10. The van der Waals surface area contributed by atoms with E-state index in [4.69, 9.17) is 32.7 Å². The molecule has 1 aromatic carbocycles. The lowest BCUT2D eigenvalue weighted by molar-refractivity contribution is -0.148. The van der Waals surface area contributed by atoms with Crippen molar-refractivity contribution in [1.29, 1.82) is 4.78 Å². The second-order valence-corrected chi connectivity index (χ2v) is 10.1. The fourth-order valence-corrected chi connectivity index (χ4v) is 4.65. The van der Waals surface area contributed by atoms with Gasteiger partial charge in [0.2, 0.25) is 5.88 Å². The molecule has 0 spiro atoms. The topological polar surface area (TPSA) is 101 Å². The van der Waals surface area contributed by atoms with Gasteiger partial charge in [0, 0.05) is 12.1 Å². The van der Waals surface area contributed by atoms with Crippen LogP contribution < -0.4 is 14.2 Å². The highest BCUT2D eigenvalue weighted by molar-refractivity contribution is 7.91. The van der Waals surface area contributed by atoms with E-state index in [0.717, 1.165) is 30.8 Å². The molecule has 0 radical (unpaired) electrons. The predicted octanol–water partition coefficient (Wildman–Crippen LogP) is 5.84. The van der Waals surface area contributed by atoms with E-state index in [1.54, 1.807) is 0 Å². The van der Waals surface area contributed by atoms with Crippen LogP contribution in [0.2, 0.25) is 10.0 Å². The average Bonchev–Trinajstić information content (AvgIpc) is 2.67. The number of benzene rings is 1. The van der Waals surface area contributed by atoms with Crippen LogP contribution in [0.25, 0.3) is 0 Å². The van der Waals surface area contributed by atoms with Gasteiger partial charge in [-0.25, -0.2) is 27.1 Å². The summed E-state index contributed by atoms with van der Waals surface area (Å²) in [5.41, 5.74) is -0.559. The number of hydrogen-bond donors (Lipinski definition) is 2. The first-order valence-corrected chi connectivity index (χ1v) is 11.9. The molecule has 2 N–H and O–H groups in total. The van der Waals surface area contributed by atoms with E-state index in [0.29, 0.717) is 12.8 Å². The van der Waals surface area contributed by atoms with Gasteiger partial charge in [0.25, 0.3) is 5.91 Å². The smallest absolute Gasteiger partial charge is 0.340 e. The van der Waals surface area contributed by atoms with Crippen molar-refractivity contribution in [1.82, 2.24) is 9.71 Å². The van der Waals surface area contributed by atoms with Crippen LogP contribution in [0.1, 0.15) is 29.6 Å². The van der Waals surface area contributed by atoms with Crippen molar-refractivity contribution in [2.75, 3.05) is 6.61 Å². The molecule has 1 saturated carbocycles. The van der Waals surface area contributed by atoms with E-state index >= 15 is 0 Å². The molecule has 1 atom stereocenters. The Kier molecular flexibility index (Phi) is 7.78. The van der Waals surface area contributed by atoms with Gasteiger partial charge < -0.3 is 9.47 Å². The van der Waals surface area contributed by atoms with Crippen LogP contribution in [0, 0.1) is 10.6 Å². The lowest BCUT2D eigenvalue weighted by Gasteiger charge is -2.27. The van der Waals surface area contributed by atoms with Gasteiger partial charge in [-0.2, -0.15) is 8.78 Å². The number of rotatable bonds is 9. The molecular formula is C19H16Cl2F5N3O4S.